The second-order valence-electron chi connectivity index (χ2n) is 8.80. The summed E-state index contributed by atoms with van der Waals surface area (Å²) in [4.78, 5) is 15.0. The maximum atomic E-state index is 14.1. The van der Waals surface area contributed by atoms with Gasteiger partial charge in [-0.3, -0.25) is 4.79 Å². The van der Waals surface area contributed by atoms with Crippen LogP contribution in [0.2, 0.25) is 0 Å². The Bertz CT molecular complexity index is 1290. The zero-order chi connectivity index (χ0) is 23.3. The normalized spacial score (nSPS) is 13.8. The lowest BCUT2D eigenvalue weighted by molar-refractivity contribution is 0.0732. The van der Waals surface area contributed by atoms with E-state index in [0.717, 1.165) is 11.8 Å². The number of para-hydroxylation sites is 1. The first-order chi connectivity index (χ1) is 14.9. The summed E-state index contributed by atoms with van der Waals surface area (Å²) < 4.78 is 45.6. The summed E-state index contributed by atoms with van der Waals surface area (Å²) in [7, 11) is -3.50. The van der Waals surface area contributed by atoms with Crippen LogP contribution in [-0.2, 0) is 22.9 Å². The van der Waals surface area contributed by atoms with Crippen LogP contribution in [0.25, 0.3) is 5.69 Å². The van der Waals surface area contributed by atoms with Gasteiger partial charge in [0.25, 0.3) is 5.91 Å². The Balaban J connectivity index is 1.64. The lowest BCUT2D eigenvalue weighted by Crippen LogP contribution is -2.29. The fourth-order valence-corrected chi connectivity index (χ4v) is 4.20. The van der Waals surface area contributed by atoms with E-state index in [9.17, 15) is 17.6 Å². The van der Waals surface area contributed by atoms with E-state index in [1.807, 2.05) is 20.8 Å². The molecule has 0 N–H and O–H groups in total. The van der Waals surface area contributed by atoms with Crippen molar-refractivity contribution in [2.24, 2.45) is 0 Å². The first-order valence-corrected chi connectivity index (χ1v) is 12.0. The minimum atomic E-state index is -3.50. The third-order valence-corrected chi connectivity index (χ3v) is 6.10. The molecule has 0 saturated heterocycles. The van der Waals surface area contributed by atoms with Crippen LogP contribution in [-0.4, -0.2) is 40.9 Å². The molecule has 0 fully saturated rings. The SMILES string of the molecule is CC(C)(C)Oc1ccc(S(C)(=O)=O)cc1C(=O)N1Cc2cn(-c3ccccc3F)nc2C1. The van der Waals surface area contributed by atoms with Gasteiger partial charge in [0.05, 0.1) is 22.7 Å². The molecule has 1 amide bonds. The Hall–Kier alpha value is -3.20. The average Bonchev–Trinajstić information content (AvgIpc) is 3.25. The molecule has 2 aromatic carbocycles. The molecule has 168 valence electrons. The first-order valence-electron chi connectivity index (χ1n) is 10.1. The molecule has 7 nitrogen and oxygen atoms in total. The zero-order valence-corrected chi connectivity index (χ0v) is 19.1. The van der Waals surface area contributed by atoms with Crippen LogP contribution < -0.4 is 4.74 Å². The summed E-state index contributed by atoms with van der Waals surface area (Å²) in [6, 6.07) is 10.6. The molecule has 32 heavy (non-hydrogen) atoms. The summed E-state index contributed by atoms with van der Waals surface area (Å²) in [5, 5.41) is 4.44. The molecule has 0 unspecified atom stereocenters. The fraction of sp³-hybridized carbons (Fsp3) is 0.304. The maximum Gasteiger partial charge on any atom is 0.258 e. The summed E-state index contributed by atoms with van der Waals surface area (Å²) in [6.45, 7) is 6.06. The summed E-state index contributed by atoms with van der Waals surface area (Å²) in [5.74, 6) is -0.427. The van der Waals surface area contributed by atoms with Gasteiger partial charge in [0, 0.05) is 24.6 Å². The molecular formula is C23H24FN3O4S. The number of carbonyl (C=O) groups is 1. The highest BCUT2D eigenvalue weighted by molar-refractivity contribution is 7.90. The molecule has 0 spiro atoms. The predicted molar refractivity (Wildman–Crippen MR) is 117 cm³/mol. The number of rotatable bonds is 4. The number of aromatic nitrogens is 2. The van der Waals surface area contributed by atoms with Crippen LogP contribution in [0, 0.1) is 5.82 Å². The van der Waals surface area contributed by atoms with Crippen molar-refractivity contribution >= 4 is 15.7 Å². The number of benzene rings is 2. The minimum Gasteiger partial charge on any atom is -0.487 e. The van der Waals surface area contributed by atoms with Crippen LogP contribution in [0.15, 0.2) is 53.6 Å². The van der Waals surface area contributed by atoms with Crippen LogP contribution >= 0.6 is 0 Å². The average molecular weight is 458 g/mol. The first kappa shape index (κ1) is 22.0. The zero-order valence-electron chi connectivity index (χ0n) is 18.3. The number of hydrogen-bond acceptors (Lipinski definition) is 5. The van der Waals surface area contributed by atoms with E-state index in [4.69, 9.17) is 4.74 Å². The second-order valence-corrected chi connectivity index (χ2v) is 10.8. The second kappa shape index (κ2) is 7.74. The molecule has 0 saturated carbocycles. The van der Waals surface area contributed by atoms with Gasteiger partial charge in [0.15, 0.2) is 9.84 Å². The lowest BCUT2D eigenvalue weighted by Gasteiger charge is -2.25. The smallest absolute Gasteiger partial charge is 0.258 e. The number of carbonyl (C=O) groups excluding carboxylic acids is 1. The standard InChI is InChI=1S/C23H24FN3O4S/c1-23(2,3)31-21-10-9-16(32(4,29)30)11-17(21)22(28)26-12-15-13-27(25-19(15)14-26)20-8-6-5-7-18(20)24/h5-11,13H,12,14H2,1-4H3. The van der Waals surface area contributed by atoms with Crippen molar-refractivity contribution in [1.29, 1.82) is 0 Å². The predicted octanol–water partition coefficient (Wildman–Crippen LogP) is 3.75. The van der Waals surface area contributed by atoms with Crippen LogP contribution in [0.4, 0.5) is 4.39 Å². The van der Waals surface area contributed by atoms with Crippen LogP contribution in [0.3, 0.4) is 0 Å². The highest BCUT2D eigenvalue weighted by atomic mass is 32.2. The van der Waals surface area contributed by atoms with Crippen molar-refractivity contribution in [1.82, 2.24) is 14.7 Å². The van der Waals surface area contributed by atoms with E-state index in [-0.39, 0.29) is 35.3 Å². The molecule has 1 aliphatic heterocycles. The molecule has 0 atom stereocenters. The van der Waals surface area contributed by atoms with E-state index in [0.29, 0.717) is 17.1 Å². The molecule has 1 aliphatic rings. The quantitative estimate of drug-likeness (QED) is 0.596. The van der Waals surface area contributed by atoms with Gasteiger partial charge >= 0.3 is 0 Å². The molecular weight excluding hydrogens is 433 g/mol. The highest BCUT2D eigenvalue weighted by Gasteiger charge is 2.31. The number of sulfone groups is 1. The fourth-order valence-electron chi connectivity index (χ4n) is 3.55. The lowest BCUT2D eigenvalue weighted by atomic mass is 10.1. The topological polar surface area (TPSA) is 81.5 Å². The molecule has 0 aliphatic carbocycles. The number of fused-ring (bicyclic) bond motifs is 1. The number of ether oxygens (including phenoxy) is 1. The van der Waals surface area contributed by atoms with Crippen molar-refractivity contribution in [3.05, 3.63) is 71.3 Å². The Kier molecular flexibility index (Phi) is 5.32. The van der Waals surface area contributed by atoms with Crippen LogP contribution in [0.5, 0.6) is 5.75 Å². The Morgan fingerprint density at radius 2 is 1.84 bits per heavy atom. The molecule has 9 heteroatoms. The number of halogens is 1. The molecule has 0 bridgehead atoms. The largest absolute Gasteiger partial charge is 0.487 e. The van der Waals surface area contributed by atoms with Crippen molar-refractivity contribution in [2.45, 2.75) is 44.4 Å². The van der Waals surface area contributed by atoms with Gasteiger partial charge in [-0.05, 0) is 51.1 Å². The van der Waals surface area contributed by atoms with Gasteiger partial charge in [-0.1, -0.05) is 12.1 Å². The molecule has 3 aromatic rings. The van der Waals surface area contributed by atoms with Gasteiger partial charge in [0.1, 0.15) is 22.9 Å². The Labute approximate surface area is 186 Å². The minimum absolute atomic E-state index is 0.0452. The van der Waals surface area contributed by atoms with Gasteiger partial charge in [-0.25, -0.2) is 17.5 Å². The van der Waals surface area contributed by atoms with E-state index in [1.54, 1.807) is 29.3 Å². The Morgan fingerprint density at radius 3 is 2.47 bits per heavy atom. The van der Waals surface area contributed by atoms with Crippen LogP contribution in [0.1, 0.15) is 42.4 Å². The molecule has 4 rings (SSSR count). The maximum absolute atomic E-state index is 14.1. The highest BCUT2D eigenvalue weighted by Crippen LogP contribution is 2.31. The van der Waals surface area contributed by atoms with E-state index >= 15 is 0 Å². The number of amides is 1. The molecule has 2 heterocycles. The Morgan fingerprint density at radius 1 is 1.12 bits per heavy atom. The van der Waals surface area contributed by atoms with E-state index in [2.05, 4.69) is 5.10 Å². The van der Waals surface area contributed by atoms with Crippen molar-refractivity contribution in [3.8, 4) is 11.4 Å². The van der Waals surface area contributed by atoms with E-state index in [1.165, 1.54) is 28.9 Å². The molecule has 1 aromatic heterocycles. The van der Waals surface area contributed by atoms with Gasteiger partial charge in [0.2, 0.25) is 0 Å². The van der Waals surface area contributed by atoms with Crippen molar-refractivity contribution < 1.29 is 22.3 Å². The number of hydrogen-bond donors (Lipinski definition) is 0. The summed E-state index contributed by atoms with van der Waals surface area (Å²) in [6.07, 6.45) is 2.80. The van der Waals surface area contributed by atoms with Gasteiger partial charge in [-0.15, -0.1) is 0 Å². The summed E-state index contributed by atoms with van der Waals surface area (Å²) >= 11 is 0. The monoisotopic (exact) mass is 457 g/mol. The van der Waals surface area contributed by atoms with Gasteiger partial charge in [-0.2, -0.15) is 5.10 Å². The third kappa shape index (κ3) is 4.38. The molecule has 0 radical (unpaired) electrons. The number of nitrogens with zero attached hydrogens (tertiary/aromatic N) is 3. The summed E-state index contributed by atoms with van der Waals surface area (Å²) in [5.41, 5.74) is 1.41. The van der Waals surface area contributed by atoms with Crippen molar-refractivity contribution in [2.75, 3.05) is 6.26 Å². The third-order valence-electron chi connectivity index (χ3n) is 4.99. The van der Waals surface area contributed by atoms with E-state index < -0.39 is 15.4 Å². The van der Waals surface area contributed by atoms with Crippen molar-refractivity contribution in [3.63, 3.8) is 0 Å². The van der Waals surface area contributed by atoms with Gasteiger partial charge < -0.3 is 9.64 Å².